The van der Waals surface area contributed by atoms with Crippen molar-refractivity contribution in [3.8, 4) is 5.88 Å². The lowest BCUT2D eigenvalue weighted by molar-refractivity contribution is -0.137. The van der Waals surface area contributed by atoms with Gasteiger partial charge >= 0.3 is 12.8 Å². The van der Waals surface area contributed by atoms with Crippen molar-refractivity contribution in [3.05, 3.63) is 23.9 Å². The quantitative estimate of drug-likeness (QED) is 0.806. The summed E-state index contributed by atoms with van der Waals surface area (Å²) >= 11 is 5.26. The molecule has 0 aliphatic carbocycles. The Bertz CT molecular complexity index is 480. The lowest BCUT2D eigenvalue weighted by Crippen LogP contribution is -2.23. The average molecular weight is 328 g/mol. The second-order valence-corrected chi connectivity index (χ2v) is 7.31. The summed E-state index contributed by atoms with van der Waals surface area (Å²) in [6, 6.07) is 2.04. The number of rotatable bonds is 6. The van der Waals surface area contributed by atoms with Crippen LogP contribution >= 0.6 is 6.64 Å². The van der Waals surface area contributed by atoms with Gasteiger partial charge in [-0.1, -0.05) is 0 Å². The lowest BCUT2D eigenvalue weighted by atomic mass is 10.3. The van der Waals surface area contributed by atoms with Crippen LogP contribution in [-0.4, -0.2) is 17.6 Å². The fourth-order valence-corrected chi connectivity index (χ4v) is 3.99. The Morgan fingerprint density at radius 2 is 2.05 bits per heavy atom. The molecule has 4 nitrogen and oxygen atoms in total. The van der Waals surface area contributed by atoms with Crippen LogP contribution in [-0.2, 0) is 22.5 Å². The SMILES string of the molecule is CCOP(=S)(NC(C)C)Oc1ccc(C(F)(F)F)cn1. The van der Waals surface area contributed by atoms with Gasteiger partial charge in [-0.25, -0.2) is 10.1 Å². The van der Waals surface area contributed by atoms with Gasteiger partial charge in [0.15, 0.2) is 0 Å². The van der Waals surface area contributed by atoms with Gasteiger partial charge in [-0.15, -0.1) is 0 Å². The van der Waals surface area contributed by atoms with Gasteiger partial charge < -0.3 is 9.05 Å². The van der Waals surface area contributed by atoms with Gasteiger partial charge in [0.2, 0.25) is 5.88 Å². The van der Waals surface area contributed by atoms with E-state index in [1.165, 1.54) is 0 Å². The predicted octanol–water partition coefficient (Wildman–Crippen LogP) is 3.74. The number of nitrogens with one attached hydrogen (secondary N) is 1. The van der Waals surface area contributed by atoms with Gasteiger partial charge in [0.25, 0.3) is 0 Å². The highest BCUT2D eigenvalue weighted by Crippen LogP contribution is 2.44. The van der Waals surface area contributed by atoms with Crippen molar-refractivity contribution in [2.24, 2.45) is 0 Å². The van der Waals surface area contributed by atoms with E-state index in [0.717, 1.165) is 12.1 Å². The van der Waals surface area contributed by atoms with E-state index in [0.29, 0.717) is 12.8 Å². The molecule has 1 rings (SSSR count). The highest BCUT2D eigenvalue weighted by Gasteiger charge is 2.31. The molecule has 20 heavy (non-hydrogen) atoms. The first-order chi connectivity index (χ1) is 9.16. The Balaban J connectivity index is 2.87. The van der Waals surface area contributed by atoms with Gasteiger partial charge in [-0.05, 0) is 38.6 Å². The number of hydrogen-bond acceptors (Lipinski definition) is 4. The molecule has 1 atom stereocenters. The average Bonchev–Trinajstić information content (AvgIpc) is 2.27. The van der Waals surface area contributed by atoms with E-state index in [-0.39, 0.29) is 11.9 Å². The largest absolute Gasteiger partial charge is 0.417 e. The zero-order valence-electron chi connectivity index (χ0n) is 11.3. The van der Waals surface area contributed by atoms with Gasteiger partial charge in [0.1, 0.15) is 0 Å². The van der Waals surface area contributed by atoms with Crippen molar-refractivity contribution in [1.29, 1.82) is 0 Å². The molecular weight excluding hydrogens is 312 g/mol. The van der Waals surface area contributed by atoms with Crippen LogP contribution in [0.1, 0.15) is 26.3 Å². The third-order valence-corrected chi connectivity index (χ3v) is 4.71. The van der Waals surface area contributed by atoms with E-state index >= 15 is 0 Å². The zero-order chi connectivity index (χ0) is 15.4. The van der Waals surface area contributed by atoms with Gasteiger partial charge in [-0.2, -0.15) is 13.2 Å². The van der Waals surface area contributed by atoms with Crippen LogP contribution in [0.2, 0.25) is 0 Å². The third kappa shape index (κ3) is 5.36. The molecule has 0 radical (unpaired) electrons. The number of halogens is 3. The number of pyridine rings is 1. The van der Waals surface area contributed by atoms with Crippen LogP contribution in [0, 0.1) is 0 Å². The first kappa shape index (κ1) is 17.4. The highest BCUT2D eigenvalue weighted by atomic mass is 32.5. The normalized spacial score (nSPS) is 15.2. The predicted molar refractivity (Wildman–Crippen MR) is 74.0 cm³/mol. The molecule has 1 aromatic heterocycles. The molecule has 1 heterocycles. The maximum atomic E-state index is 12.4. The van der Waals surface area contributed by atoms with E-state index in [2.05, 4.69) is 10.1 Å². The first-order valence-electron chi connectivity index (χ1n) is 5.91. The van der Waals surface area contributed by atoms with Crippen molar-refractivity contribution in [1.82, 2.24) is 10.1 Å². The van der Waals surface area contributed by atoms with Gasteiger partial charge in [-0.3, -0.25) is 0 Å². The second kappa shape index (κ2) is 6.85. The van der Waals surface area contributed by atoms with Gasteiger partial charge in [0.05, 0.1) is 12.2 Å². The number of hydrogen-bond donors (Lipinski definition) is 1. The third-order valence-electron chi connectivity index (χ3n) is 1.99. The summed E-state index contributed by atoms with van der Waals surface area (Å²) in [5.74, 6) is 0.00272. The second-order valence-electron chi connectivity index (χ2n) is 4.17. The molecule has 0 aliphatic rings. The standard InChI is InChI=1S/C11H16F3N2O2PS/c1-4-17-19(20,16-8(2)3)18-10-6-5-9(7-15-10)11(12,13)14/h5-8H,4H2,1-3H3,(H,16,20). The molecule has 1 N–H and O–H groups in total. The topological polar surface area (TPSA) is 43.4 Å². The van der Waals surface area contributed by atoms with E-state index in [1.54, 1.807) is 6.92 Å². The smallest absolute Gasteiger partial charge is 0.414 e. The number of alkyl halides is 3. The van der Waals surface area contributed by atoms with Crippen LogP contribution in [0.25, 0.3) is 0 Å². The molecule has 0 amide bonds. The van der Waals surface area contributed by atoms with Crippen LogP contribution in [0.3, 0.4) is 0 Å². The molecule has 0 bridgehead atoms. The fourth-order valence-electron chi connectivity index (χ4n) is 1.30. The van der Waals surface area contributed by atoms with Crippen molar-refractivity contribution in [2.45, 2.75) is 33.0 Å². The molecule has 0 aliphatic heterocycles. The Labute approximate surface area is 120 Å². The Morgan fingerprint density at radius 3 is 2.45 bits per heavy atom. The minimum absolute atomic E-state index is 0.00272. The molecule has 0 saturated carbocycles. The summed E-state index contributed by atoms with van der Waals surface area (Å²) < 4.78 is 48.1. The number of nitrogens with zero attached hydrogens (tertiary/aromatic N) is 1. The molecule has 0 saturated heterocycles. The van der Waals surface area contributed by atoms with Crippen LogP contribution < -0.4 is 9.61 Å². The molecule has 114 valence electrons. The molecule has 9 heteroatoms. The summed E-state index contributed by atoms with van der Waals surface area (Å²) in [6.45, 7) is 3.00. The van der Waals surface area contributed by atoms with Crippen LogP contribution in [0.5, 0.6) is 5.88 Å². The molecular formula is C11H16F3N2O2PS. The zero-order valence-corrected chi connectivity index (χ0v) is 13.0. The number of aromatic nitrogens is 1. The van der Waals surface area contributed by atoms with Crippen molar-refractivity contribution >= 4 is 18.4 Å². The highest BCUT2D eigenvalue weighted by molar-refractivity contribution is 8.09. The Morgan fingerprint density at radius 1 is 1.40 bits per heavy atom. The Hall–Kier alpha value is -0.690. The summed E-state index contributed by atoms with van der Waals surface area (Å²) in [6.07, 6.45) is -3.72. The molecule has 0 fully saturated rings. The summed E-state index contributed by atoms with van der Waals surface area (Å²) in [4.78, 5) is 3.62. The van der Waals surface area contributed by atoms with E-state index in [4.69, 9.17) is 20.9 Å². The maximum Gasteiger partial charge on any atom is 0.417 e. The molecule has 1 aromatic rings. The first-order valence-corrected chi connectivity index (χ1v) is 8.55. The van der Waals surface area contributed by atoms with Crippen LogP contribution in [0.4, 0.5) is 13.2 Å². The summed E-state index contributed by atoms with van der Waals surface area (Å²) in [5, 5.41) is 2.97. The van der Waals surface area contributed by atoms with Crippen LogP contribution in [0.15, 0.2) is 18.3 Å². The fraction of sp³-hybridized carbons (Fsp3) is 0.545. The molecule has 0 aromatic carbocycles. The van der Waals surface area contributed by atoms with Crippen molar-refractivity contribution in [2.75, 3.05) is 6.61 Å². The van der Waals surface area contributed by atoms with Crippen molar-refractivity contribution in [3.63, 3.8) is 0 Å². The van der Waals surface area contributed by atoms with Gasteiger partial charge in [0, 0.05) is 18.3 Å². The molecule has 0 spiro atoms. The summed E-state index contributed by atoms with van der Waals surface area (Å²) in [5.41, 5.74) is -0.841. The van der Waals surface area contributed by atoms with E-state index in [1.807, 2.05) is 13.8 Å². The van der Waals surface area contributed by atoms with E-state index in [9.17, 15) is 13.2 Å². The Kier molecular flexibility index (Phi) is 5.94. The lowest BCUT2D eigenvalue weighted by Gasteiger charge is -2.24. The van der Waals surface area contributed by atoms with Crippen molar-refractivity contribution < 1.29 is 22.2 Å². The van der Waals surface area contributed by atoms with E-state index < -0.39 is 18.4 Å². The molecule has 1 unspecified atom stereocenters. The monoisotopic (exact) mass is 328 g/mol. The minimum Gasteiger partial charge on any atom is -0.414 e. The minimum atomic E-state index is -4.43. The maximum absolute atomic E-state index is 12.4. The summed E-state index contributed by atoms with van der Waals surface area (Å²) in [7, 11) is 0.